The Bertz CT molecular complexity index is 329. The van der Waals surface area contributed by atoms with Gasteiger partial charge in [-0.25, -0.2) is 0 Å². The van der Waals surface area contributed by atoms with Gasteiger partial charge < -0.3 is 10.4 Å². The third-order valence-electron chi connectivity index (χ3n) is 4.34. The van der Waals surface area contributed by atoms with Gasteiger partial charge in [-0.3, -0.25) is 9.59 Å². The van der Waals surface area contributed by atoms with Gasteiger partial charge in [0, 0.05) is 6.54 Å². The minimum Gasteiger partial charge on any atom is -0.481 e. The first-order chi connectivity index (χ1) is 8.58. The number of carboxylic acid groups (broad SMARTS) is 1. The van der Waals surface area contributed by atoms with Crippen LogP contribution in [0.5, 0.6) is 0 Å². The van der Waals surface area contributed by atoms with Crippen molar-refractivity contribution in [2.45, 2.75) is 45.4 Å². The molecule has 0 aromatic rings. The Morgan fingerprint density at radius 3 is 2.61 bits per heavy atom. The number of amides is 1. The van der Waals surface area contributed by atoms with Crippen molar-refractivity contribution in [1.29, 1.82) is 0 Å². The summed E-state index contributed by atoms with van der Waals surface area (Å²) in [5, 5.41) is 11.6. The largest absolute Gasteiger partial charge is 0.481 e. The van der Waals surface area contributed by atoms with Gasteiger partial charge in [-0.15, -0.1) is 0 Å². The lowest BCUT2D eigenvalue weighted by molar-refractivity contribution is -0.140. The highest BCUT2D eigenvalue weighted by molar-refractivity contribution is 5.89. The molecule has 2 N–H and O–H groups in total. The molecule has 0 aromatic heterocycles. The number of hydrogen-bond acceptors (Lipinski definition) is 2. The van der Waals surface area contributed by atoms with Gasteiger partial charge in [0.2, 0.25) is 5.91 Å². The van der Waals surface area contributed by atoms with Crippen molar-refractivity contribution >= 4 is 11.9 Å². The van der Waals surface area contributed by atoms with Crippen molar-refractivity contribution in [3.8, 4) is 0 Å². The quantitative estimate of drug-likeness (QED) is 0.788. The second-order valence-corrected chi connectivity index (χ2v) is 6.00. The molecule has 4 atom stereocenters. The van der Waals surface area contributed by atoms with Crippen LogP contribution in [0, 0.1) is 23.7 Å². The monoisotopic (exact) mass is 253 g/mol. The SMILES string of the molecule is CC1CCCC(CCNC(=O)[C@@H]2C[C@@H]2C(=O)O)C1. The molecule has 0 heterocycles. The normalized spacial score (nSPS) is 34.9. The molecule has 2 rings (SSSR count). The Labute approximate surface area is 108 Å². The molecule has 2 aliphatic rings. The maximum atomic E-state index is 11.7. The number of hydrogen-bond donors (Lipinski definition) is 2. The Morgan fingerprint density at radius 1 is 1.22 bits per heavy atom. The number of nitrogens with one attached hydrogen (secondary N) is 1. The van der Waals surface area contributed by atoms with Crippen LogP contribution in [0.25, 0.3) is 0 Å². The number of carbonyl (C=O) groups is 2. The zero-order chi connectivity index (χ0) is 13.1. The fourth-order valence-corrected chi connectivity index (χ4v) is 3.11. The molecule has 18 heavy (non-hydrogen) atoms. The molecule has 4 nitrogen and oxygen atoms in total. The highest BCUT2D eigenvalue weighted by Gasteiger charge is 2.48. The Hall–Kier alpha value is -1.06. The summed E-state index contributed by atoms with van der Waals surface area (Å²) in [5.41, 5.74) is 0. The van der Waals surface area contributed by atoms with E-state index in [1.165, 1.54) is 25.7 Å². The summed E-state index contributed by atoms with van der Waals surface area (Å²) in [7, 11) is 0. The van der Waals surface area contributed by atoms with Crippen molar-refractivity contribution in [2.24, 2.45) is 23.7 Å². The second kappa shape index (κ2) is 5.72. The summed E-state index contributed by atoms with van der Waals surface area (Å²) in [6.45, 7) is 3.01. The van der Waals surface area contributed by atoms with E-state index >= 15 is 0 Å². The van der Waals surface area contributed by atoms with Crippen molar-refractivity contribution in [2.75, 3.05) is 6.54 Å². The molecular weight excluding hydrogens is 230 g/mol. The molecule has 1 amide bonds. The number of carboxylic acids is 1. The zero-order valence-corrected chi connectivity index (χ0v) is 11.0. The van der Waals surface area contributed by atoms with Crippen LogP contribution >= 0.6 is 0 Å². The summed E-state index contributed by atoms with van der Waals surface area (Å²) in [4.78, 5) is 22.3. The van der Waals surface area contributed by atoms with Crippen LogP contribution in [0.3, 0.4) is 0 Å². The van der Waals surface area contributed by atoms with Crippen LogP contribution in [-0.4, -0.2) is 23.5 Å². The van der Waals surface area contributed by atoms with E-state index in [0.717, 1.165) is 18.3 Å². The van der Waals surface area contributed by atoms with Crippen LogP contribution < -0.4 is 5.32 Å². The van der Waals surface area contributed by atoms with Crippen molar-refractivity contribution in [3.63, 3.8) is 0 Å². The molecule has 0 spiro atoms. The summed E-state index contributed by atoms with van der Waals surface area (Å²) < 4.78 is 0. The highest BCUT2D eigenvalue weighted by atomic mass is 16.4. The smallest absolute Gasteiger partial charge is 0.307 e. The molecule has 0 saturated heterocycles. The molecule has 2 saturated carbocycles. The first-order valence-electron chi connectivity index (χ1n) is 7.08. The molecular formula is C14H23NO3. The predicted octanol–water partition coefficient (Wildman–Crippen LogP) is 2.04. The Morgan fingerprint density at radius 2 is 2.00 bits per heavy atom. The van der Waals surface area contributed by atoms with Gasteiger partial charge in [-0.1, -0.05) is 26.2 Å². The zero-order valence-electron chi connectivity index (χ0n) is 11.0. The van der Waals surface area contributed by atoms with Crippen molar-refractivity contribution in [3.05, 3.63) is 0 Å². The molecule has 102 valence electrons. The lowest BCUT2D eigenvalue weighted by Crippen LogP contribution is -2.29. The summed E-state index contributed by atoms with van der Waals surface area (Å²) >= 11 is 0. The van der Waals surface area contributed by atoms with E-state index in [2.05, 4.69) is 12.2 Å². The lowest BCUT2D eigenvalue weighted by atomic mass is 9.81. The van der Waals surface area contributed by atoms with E-state index in [-0.39, 0.29) is 11.8 Å². The van der Waals surface area contributed by atoms with E-state index in [9.17, 15) is 9.59 Å². The van der Waals surface area contributed by atoms with Crippen LogP contribution in [-0.2, 0) is 9.59 Å². The van der Waals surface area contributed by atoms with Gasteiger partial charge in [0.05, 0.1) is 11.8 Å². The standard InChI is InChI=1S/C14H23NO3/c1-9-3-2-4-10(7-9)5-6-15-13(16)11-8-12(11)14(17)18/h9-12H,2-8H2,1H3,(H,15,16)(H,17,18)/t9?,10?,11-,12+/m1/s1. The van der Waals surface area contributed by atoms with Gasteiger partial charge in [-0.05, 0) is 31.1 Å². The van der Waals surface area contributed by atoms with Gasteiger partial charge in [0.15, 0.2) is 0 Å². The van der Waals surface area contributed by atoms with Crippen LogP contribution in [0.1, 0.15) is 45.4 Å². The van der Waals surface area contributed by atoms with Crippen molar-refractivity contribution < 1.29 is 14.7 Å². The minimum absolute atomic E-state index is 0.0637. The lowest BCUT2D eigenvalue weighted by Gasteiger charge is -2.26. The fraction of sp³-hybridized carbons (Fsp3) is 0.857. The average molecular weight is 253 g/mol. The summed E-state index contributed by atoms with van der Waals surface area (Å²) in [6, 6.07) is 0. The average Bonchev–Trinajstić information content (AvgIpc) is 3.09. The topological polar surface area (TPSA) is 66.4 Å². The molecule has 2 aliphatic carbocycles. The Kier molecular flexibility index (Phi) is 4.25. The van der Waals surface area contributed by atoms with Crippen LogP contribution in [0.4, 0.5) is 0 Å². The number of carbonyl (C=O) groups excluding carboxylic acids is 1. The molecule has 2 unspecified atom stereocenters. The first-order valence-corrected chi connectivity index (χ1v) is 7.08. The maximum Gasteiger partial charge on any atom is 0.307 e. The minimum atomic E-state index is -0.837. The molecule has 0 aromatic carbocycles. The fourth-order valence-electron chi connectivity index (χ4n) is 3.11. The predicted molar refractivity (Wildman–Crippen MR) is 68.0 cm³/mol. The van der Waals surface area contributed by atoms with E-state index in [0.29, 0.717) is 13.0 Å². The Balaban J connectivity index is 1.61. The molecule has 0 radical (unpaired) electrons. The molecule has 0 aliphatic heterocycles. The first kappa shape index (κ1) is 13.4. The van der Waals surface area contributed by atoms with Gasteiger partial charge in [0.25, 0.3) is 0 Å². The van der Waals surface area contributed by atoms with E-state index in [1.54, 1.807) is 0 Å². The molecule has 0 bridgehead atoms. The molecule has 4 heteroatoms. The van der Waals surface area contributed by atoms with E-state index in [1.807, 2.05) is 0 Å². The summed E-state index contributed by atoms with van der Waals surface area (Å²) in [5.74, 6) is -0.0437. The third kappa shape index (κ3) is 3.47. The van der Waals surface area contributed by atoms with E-state index in [4.69, 9.17) is 5.11 Å². The number of rotatable bonds is 5. The highest BCUT2D eigenvalue weighted by Crippen LogP contribution is 2.38. The third-order valence-corrected chi connectivity index (χ3v) is 4.34. The summed E-state index contributed by atoms with van der Waals surface area (Å²) in [6.07, 6.45) is 6.76. The van der Waals surface area contributed by atoms with Gasteiger partial charge in [0.1, 0.15) is 0 Å². The second-order valence-electron chi connectivity index (χ2n) is 6.00. The van der Waals surface area contributed by atoms with Gasteiger partial charge >= 0.3 is 5.97 Å². The molecule has 2 fully saturated rings. The van der Waals surface area contributed by atoms with Crippen LogP contribution in [0.2, 0.25) is 0 Å². The van der Waals surface area contributed by atoms with Crippen LogP contribution in [0.15, 0.2) is 0 Å². The van der Waals surface area contributed by atoms with E-state index < -0.39 is 11.9 Å². The maximum absolute atomic E-state index is 11.7. The van der Waals surface area contributed by atoms with Crippen molar-refractivity contribution in [1.82, 2.24) is 5.32 Å². The van der Waals surface area contributed by atoms with Gasteiger partial charge in [-0.2, -0.15) is 0 Å². The number of aliphatic carboxylic acids is 1.